The van der Waals surface area contributed by atoms with E-state index in [1.807, 2.05) is 32.0 Å². The van der Waals surface area contributed by atoms with Crippen LogP contribution < -0.4 is 11.3 Å². The highest BCUT2D eigenvalue weighted by Gasteiger charge is 2.47. The lowest BCUT2D eigenvalue weighted by Crippen LogP contribution is -2.47. The Hall–Kier alpha value is -3.37. The molecule has 240 valence electrons. The molecule has 9 heteroatoms. The van der Waals surface area contributed by atoms with Crippen LogP contribution in [0, 0.1) is 25.6 Å². The summed E-state index contributed by atoms with van der Waals surface area (Å²) in [5, 5.41) is 0. The Labute approximate surface area is 264 Å². The summed E-state index contributed by atoms with van der Waals surface area (Å²) in [6, 6.07) is 12.7. The Morgan fingerprint density at radius 3 is 2.60 bits per heavy atom. The van der Waals surface area contributed by atoms with E-state index in [2.05, 4.69) is 28.6 Å². The topological polar surface area (TPSA) is 101 Å². The van der Waals surface area contributed by atoms with E-state index in [1.54, 1.807) is 24.3 Å². The molecular formula is C36H45FN4O4. The van der Waals surface area contributed by atoms with E-state index in [0.29, 0.717) is 43.1 Å². The van der Waals surface area contributed by atoms with E-state index in [4.69, 9.17) is 15.2 Å². The van der Waals surface area contributed by atoms with Crippen molar-refractivity contribution in [1.82, 2.24) is 14.8 Å². The van der Waals surface area contributed by atoms with E-state index in [-0.39, 0.29) is 41.5 Å². The van der Waals surface area contributed by atoms with Crippen LogP contribution in [0.4, 0.5) is 4.39 Å². The van der Waals surface area contributed by atoms with Crippen LogP contribution in [0.2, 0.25) is 0 Å². The fourth-order valence-electron chi connectivity index (χ4n) is 7.94. The average Bonchev–Trinajstić information content (AvgIpc) is 3.30. The summed E-state index contributed by atoms with van der Waals surface area (Å²) in [5.74, 6) is -0.763. The summed E-state index contributed by atoms with van der Waals surface area (Å²) >= 11 is 0. The van der Waals surface area contributed by atoms with Crippen LogP contribution in [0.5, 0.6) is 0 Å². The predicted octanol–water partition coefficient (Wildman–Crippen LogP) is 5.42. The molecule has 5 unspecified atom stereocenters. The van der Waals surface area contributed by atoms with Crippen molar-refractivity contribution < 1.29 is 18.7 Å². The van der Waals surface area contributed by atoms with Gasteiger partial charge in [-0.05, 0) is 91.6 Å². The molecule has 0 saturated carbocycles. The third-order valence-corrected chi connectivity index (χ3v) is 10.2. The molecule has 2 saturated heterocycles. The first-order valence-electron chi connectivity index (χ1n) is 16.3. The summed E-state index contributed by atoms with van der Waals surface area (Å²) in [5.41, 5.74) is 11.6. The van der Waals surface area contributed by atoms with Crippen molar-refractivity contribution in [3.8, 4) is 11.1 Å². The lowest BCUT2D eigenvalue weighted by atomic mass is 9.90. The lowest BCUT2D eigenvalue weighted by molar-refractivity contribution is -0.0539. The number of carbonyl (C=O) groups excluding carboxylic acids is 1. The second-order valence-corrected chi connectivity index (χ2v) is 13.0. The normalized spacial score (nSPS) is 25.4. The number of carbonyl (C=O) groups is 1. The number of aryl methyl sites for hydroxylation is 2. The number of halogens is 1. The maximum Gasteiger partial charge on any atom is 0.252 e. The number of hydrogen-bond acceptors (Lipinski definition) is 6. The molecular weight excluding hydrogens is 571 g/mol. The van der Waals surface area contributed by atoms with E-state index in [0.717, 1.165) is 60.3 Å². The van der Waals surface area contributed by atoms with Gasteiger partial charge >= 0.3 is 0 Å². The third kappa shape index (κ3) is 6.23. The van der Waals surface area contributed by atoms with Gasteiger partial charge in [-0.15, -0.1) is 0 Å². The zero-order chi connectivity index (χ0) is 31.8. The second kappa shape index (κ2) is 13.2. The fraction of sp³-hybridized carbons (Fsp3) is 0.500. The molecule has 2 fully saturated rings. The molecule has 6 rings (SSSR count). The van der Waals surface area contributed by atoms with Crippen molar-refractivity contribution in [2.75, 3.05) is 32.9 Å². The van der Waals surface area contributed by atoms with Crippen molar-refractivity contribution >= 4 is 5.91 Å². The molecule has 5 atom stereocenters. The van der Waals surface area contributed by atoms with Gasteiger partial charge in [0.15, 0.2) is 0 Å². The highest BCUT2D eigenvalue weighted by Crippen LogP contribution is 2.52. The minimum Gasteiger partial charge on any atom is -0.379 e. The number of nitrogens with two attached hydrogens (primary N) is 1. The van der Waals surface area contributed by atoms with Crippen LogP contribution in [-0.2, 0) is 16.0 Å². The summed E-state index contributed by atoms with van der Waals surface area (Å²) in [7, 11) is 0. The number of primary amides is 1. The first-order chi connectivity index (χ1) is 21.7. The predicted molar refractivity (Wildman–Crippen MR) is 173 cm³/mol. The van der Waals surface area contributed by atoms with Crippen molar-refractivity contribution in [2.24, 2.45) is 11.7 Å². The van der Waals surface area contributed by atoms with Crippen LogP contribution in [-0.4, -0.2) is 65.7 Å². The number of benzene rings is 2. The van der Waals surface area contributed by atoms with Gasteiger partial charge in [-0.2, -0.15) is 0 Å². The number of aromatic amines is 1. The summed E-state index contributed by atoms with van der Waals surface area (Å²) in [6.07, 6.45) is 2.80. The molecule has 3 heterocycles. The maximum atomic E-state index is 16.2. The largest absolute Gasteiger partial charge is 0.379 e. The van der Waals surface area contributed by atoms with Gasteiger partial charge in [0.25, 0.3) is 5.56 Å². The van der Waals surface area contributed by atoms with Crippen LogP contribution in [0.15, 0.2) is 47.3 Å². The van der Waals surface area contributed by atoms with Gasteiger partial charge in [0.2, 0.25) is 5.91 Å². The number of aromatic nitrogens is 1. The number of nitrogens with one attached hydrogen (secondary N) is 1. The van der Waals surface area contributed by atoms with Gasteiger partial charge in [-0.25, -0.2) is 4.39 Å². The summed E-state index contributed by atoms with van der Waals surface area (Å²) in [6.45, 7) is 12.3. The van der Waals surface area contributed by atoms with Crippen molar-refractivity contribution in [3.05, 3.63) is 92.1 Å². The van der Waals surface area contributed by atoms with Gasteiger partial charge in [-0.3, -0.25) is 19.4 Å². The number of H-pyrrole nitrogens is 1. The molecule has 45 heavy (non-hydrogen) atoms. The number of rotatable bonds is 8. The molecule has 0 spiro atoms. The molecule has 3 aliphatic rings. The van der Waals surface area contributed by atoms with E-state index in [9.17, 15) is 9.59 Å². The standard InChI is InChI=1S/C36H45FN4O4/c1-5-27-17-26(9-12-45-27)41(20-31-21(2)15-22(3)39-36(31)43)34-23(4)33(40-10-13-44-14-11-40)30-19-32(37)28(18-29(30)34)24-7-6-8-25(16-24)35(38)42/h6-8,15-16,18-19,23,26-27,33-34H,5,9-14,17,20H2,1-4H3,(H2,38,42)(H,39,43). The molecule has 0 radical (unpaired) electrons. The molecule has 1 aliphatic carbocycles. The lowest BCUT2D eigenvalue weighted by Gasteiger charge is -2.44. The van der Waals surface area contributed by atoms with Gasteiger partial charge in [0.1, 0.15) is 5.82 Å². The smallest absolute Gasteiger partial charge is 0.252 e. The molecule has 8 nitrogen and oxygen atoms in total. The number of hydrogen-bond donors (Lipinski definition) is 2. The summed E-state index contributed by atoms with van der Waals surface area (Å²) < 4.78 is 28.0. The van der Waals surface area contributed by atoms with E-state index in [1.165, 1.54) is 0 Å². The van der Waals surface area contributed by atoms with Crippen molar-refractivity contribution in [1.29, 1.82) is 0 Å². The third-order valence-electron chi connectivity index (χ3n) is 10.2. The van der Waals surface area contributed by atoms with E-state index < -0.39 is 5.91 Å². The Bertz CT molecular complexity index is 1620. The van der Waals surface area contributed by atoms with Gasteiger partial charge in [0, 0.05) is 66.8 Å². The Kier molecular flexibility index (Phi) is 9.24. The average molecular weight is 617 g/mol. The summed E-state index contributed by atoms with van der Waals surface area (Å²) in [4.78, 5) is 33.4. The highest BCUT2D eigenvalue weighted by atomic mass is 19.1. The van der Waals surface area contributed by atoms with Gasteiger partial charge < -0.3 is 20.2 Å². The van der Waals surface area contributed by atoms with Crippen molar-refractivity contribution in [2.45, 2.75) is 77.7 Å². The number of amides is 1. The molecule has 3 aromatic rings. The quantitative estimate of drug-likeness (QED) is 0.351. The SMILES string of the molecule is CCC1CC(N(Cc2c(C)cc(C)[nH]c2=O)C2c3cc(-c4cccc(C(N)=O)c4)c(F)cc3C(N3CCOCC3)C2C)CCO1. The number of pyridine rings is 1. The van der Waals surface area contributed by atoms with Gasteiger partial charge in [0.05, 0.1) is 19.3 Å². The first kappa shape index (κ1) is 31.6. The zero-order valence-electron chi connectivity index (χ0n) is 26.8. The second-order valence-electron chi connectivity index (χ2n) is 13.0. The highest BCUT2D eigenvalue weighted by molar-refractivity contribution is 5.94. The van der Waals surface area contributed by atoms with Crippen LogP contribution in [0.1, 0.15) is 83.5 Å². The number of nitrogens with zero attached hydrogens (tertiary/aromatic N) is 2. The van der Waals surface area contributed by atoms with E-state index >= 15 is 4.39 Å². The van der Waals surface area contributed by atoms with Crippen LogP contribution >= 0.6 is 0 Å². The molecule has 3 N–H and O–H groups in total. The maximum absolute atomic E-state index is 16.2. The molecule has 1 aromatic heterocycles. The van der Waals surface area contributed by atoms with Crippen LogP contribution in [0.3, 0.4) is 0 Å². The molecule has 2 aromatic carbocycles. The minimum absolute atomic E-state index is 0.00360. The zero-order valence-corrected chi connectivity index (χ0v) is 26.8. The number of fused-ring (bicyclic) bond motifs is 1. The molecule has 2 aliphatic heterocycles. The monoisotopic (exact) mass is 616 g/mol. The number of ether oxygens (including phenoxy) is 2. The van der Waals surface area contributed by atoms with Crippen LogP contribution in [0.25, 0.3) is 11.1 Å². The van der Waals surface area contributed by atoms with Crippen molar-refractivity contribution in [3.63, 3.8) is 0 Å². The fourth-order valence-corrected chi connectivity index (χ4v) is 7.94. The van der Waals surface area contributed by atoms with Gasteiger partial charge in [-0.1, -0.05) is 26.0 Å². The Balaban J connectivity index is 1.51. The molecule has 1 amide bonds. The minimum atomic E-state index is -0.549. The number of morpholine rings is 1. The Morgan fingerprint density at radius 2 is 1.89 bits per heavy atom. The molecule has 0 bridgehead atoms. The first-order valence-corrected chi connectivity index (χ1v) is 16.3. The Morgan fingerprint density at radius 1 is 1.11 bits per heavy atom.